The second-order valence-corrected chi connectivity index (χ2v) is 12.6. The van der Waals surface area contributed by atoms with Gasteiger partial charge in [-0.2, -0.15) is 0 Å². The van der Waals surface area contributed by atoms with Gasteiger partial charge in [-0.05, 0) is 94.9 Å². The quantitative estimate of drug-likeness (QED) is 0.182. The van der Waals surface area contributed by atoms with Crippen molar-refractivity contribution in [3.8, 4) is 45.1 Å². The van der Waals surface area contributed by atoms with E-state index in [0.29, 0.717) is 0 Å². The van der Waals surface area contributed by atoms with E-state index in [1.54, 1.807) is 6.07 Å². The van der Waals surface area contributed by atoms with Gasteiger partial charge in [-0.3, -0.25) is 4.98 Å². The minimum absolute atomic E-state index is 0. The van der Waals surface area contributed by atoms with Crippen LogP contribution >= 0.6 is 0 Å². The minimum Gasteiger partial charge on any atom is -0.507 e. The van der Waals surface area contributed by atoms with E-state index in [9.17, 15) is 5.11 Å². The number of rotatable bonds is 4. The number of phenols is 1. The Morgan fingerprint density at radius 3 is 2.22 bits per heavy atom. The average Bonchev–Trinajstić information content (AvgIpc) is 3.35. The van der Waals surface area contributed by atoms with Gasteiger partial charge in [-0.25, -0.2) is 4.98 Å². The Morgan fingerprint density at radius 1 is 0.733 bits per heavy atom. The van der Waals surface area contributed by atoms with Crippen LogP contribution in [0.5, 0.6) is 5.75 Å². The Labute approximate surface area is 278 Å². The van der Waals surface area contributed by atoms with E-state index < -0.39 is 0 Å². The molecule has 0 spiro atoms. The number of benzene rings is 4. The third-order valence-corrected chi connectivity index (χ3v) is 8.46. The van der Waals surface area contributed by atoms with E-state index >= 15 is 0 Å². The van der Waals surface area contributed by atoms with Gasteiger partial charge in [-0.15, -0.1) is 29.8 Å². The maximum atomic E-state index is 11.1. The zero-order valence-corrected chi connectivity index (χ0v) is 28.3. The fourth-order valence-electron chi connectivity index (χ4n) is 6.20. The molecule has 226 valence electrons. The van der Waals surface area contributed by atoms with Crippen molar-refractivity contribution in [2.45, 2.75) is 40.0 Å². The van der Waals surface area contributed by atoms with Crippen LogP contribution in [0.4, 0.5) is 0 Å². The standard InChI is InChI=1S/C40H34N3O.Pt/c1-25-11-8-12-26(2)38(25)28-22-34(42-35(23-28)33-24-29(40(3,4)5)18-19-37(33)44)27-13-9-14-30(21-27)43-36-17-7-6-15-31(36)32-16-10-20-41-39(32)43;/h6-20,22-24,44H,1-5H3;/q-1;. The normalized spacial score (nSPS) is 11.6. The molecule has 0 saturated heterocycles. The van der Waals surface area contributed by atoms with Crippen molar-refractivity contribution in [1.82, 2.24) is 14.5 Å². The number of pyridine rings is 2. The molecule has 4 aromatic carbocycles. The van der Waals surface area contributed by atoms with E-state index in [-0.39, 0.29) is 32.2 Å². The van der Waals surface area contributed by atoms with Crippen molar-refractivity contribution in [2.24, 2.45) is 0 Å². The van der Waals surface area contributed by atoms with Crippen LogP contribution in [0, 0.1) is 19.9 Å². The number of aromatic nitrogens is 3. The Kier molecular flexibility index (Phi) is 7.97. The number of hydrogen-bond acceptors (Lipinski definition) is 3. The van der Waals surface area contributed by atoms with Crippen LogP contribution in [0.1, 0.15) is 37.5 Å². The van der Waals surface area contributed by atoms with Gasteiger partial charge in [0.25, 0.3) is 0 Å². The van der Waals surface area contributed by atoms with Gasteiger partial charge in [0, 0.05) is 43.6 Å². The molecule has 0 aliphatic rings. The summed E-state index contributed by atoms with van der Waals surface area (Å²) in [6.07, 6.45) is 1.83. The first-order valence-electron chi connectivity index (χ1n) is 15.0. The average molecular weight is 768 g/mol. The summed E-state index contributed by atoms with van der Waals surface area (Å²) in [4.78, 5) is 9.94. The maximum Gasteiger partial charge on any atom is 0.144 e. The topological polar surface area (TPSA) is 50.9 Å². The molecule has 3 aromatic heterocycles. The molecule has 7 rings (SSSR count). The first-order valence-corrected chi connectivity index (χ1v) is 15.0. The van der Waals surface area contributed by atoms with E-state index in [4.69, 9.17) is 9.97 Å². The van der Waals surface area contributed by atoms with Crippen LogP contribution in [0.25, 0.3) is 61.3 Å². The van der Waals surface area contributed by atoms with Crippen LogP contribution in [-0.4, -0.2) is 19.6 Å². The summed E-state index contributed by atoms with van der Waals surface area (Å²) in [7, 11) is 0. The minimum atomic E-state index is -0.0754. The zero-order chi connectivity index (χ0) is 30.6. The van der Waals surface area contributed by atoms with E-state index in [1.807, 2.05) is 18.3 Å². The van der Waals surface area contributed by atoms with Gasteiger partial charge in [-0.1, -0.05) is 69.3 Å². The predicted molar refractivity (Wildman–Crippen MR) is 181 cm³/mol. The van der Waals surface area contributed by atoms with Crippen molar-refractivity contribution in [3.63, 3.8) is 0 Å². The van der Waals surface area contributed by atoms with Crippen LogP contribution < -0.4 is 0 Å². The van der Waals surface area contributed by atoms with Gasteiger partial charge >= 0.3 is 0 Å². The third-order valence-electron chi connectivity index (χ3n) is 8.46. The van der Waals surface area contributed by atoms with Crippen molar-refractivity contribution in [3.05, 3.63) is 132 Å². The second-order valence-electron chi connectivity index (χ2n) is 12.6. The Morgan fingerprint density at radius 2 is 1.44 bits per heavy atom. The molecule has 45 heavy (non-hydrogen) atoms. The predicted octanol–water partition coefficient (Wildman–Crippen LogP) is 9.99. The molecule has 0 saturated carbocycles. The van der Waals surface area contributed by atoms with Gasteiger partial charge in [0.15, 0.2) is 0 Å². The molecule has 0 amide bonds. The van der Waals surface area contributed by atoms with Crippen molar-refractivity contribution in [2.75, 3.05) is 0 Å². The molecule has 0 unspecified atom stereocenters. The summed E-state index contributed by atoms with van der Waals surface area (Å²) < 4.78 is 2.17. The largest absolute Gasteiger partial charge is 0.507 e. The van der Waals surface area contributed by atoms with Crippen molar-refractivity contribution in [1.29, 1.82) is 0 Å². The molecule has 0 aliphatic heterocycles. The molecule has 0 fully saturated rings. The molecule has 7 aromatic rings. The first-order chi connectivity index (χ1) is 21.2. The van der Waals surface area contributed by atoms with E-state index in [0.717, 1.165) is 61.3 Å². The molecule has 0 aliphatic carbocycles. The smallest absolute Gasteiger partial charge is 0.144 e. The van der Waals surface area contributed by atoms with Crippen LogP contribution in [-0.2, 0) is 26.5 Å². The Hall–Kier alpha value is -4.53. The summed E-state index contributed by atoms with van der Waals surface area (Å²) in [5.41, 5.74) is 11.6. The SMILES string of the molecule is Cc1cccc(C)c1-c1cc(-c2[c-]c(-n3c4ccccc4c4cccnc43)ccc2)nc(-c2cc(C(C)(C)C)ccc2O)c1.[Pt]. The molecule has 5 heteroatoms. The van der Waals surface area contributed by atoms with Gasteiger partial charge in [0.05, 0.1) is 11.2 Å². The van der Waals surface area contributed by atoms with Crippen molar-refractivity contribution < 1.29 is 26.2 Å². The van der Waals surface area contributed by atoms with E-state index in [2.05, 4.69) is 130 Å². The number of phenolic OH excluding ortho intramolecular Hbond substituents is 1. The zero-order valence-electron chi connectivity index (χ0n) is 26.0. The summed E-state index contributed by atoms with van der Waals surface area (Å²) in [5.74, 6) is 0.212. The molecule has 4 nitrogen and oxygen atoms in total. The summed E-state index contributed by atoms with van der Waals surface area (Å²) in [6, 6.07) is 38.8. The van der Waals surface area contributed by atoms with Crippen LogP contribution in [0.2, 0.25) is 0 Å². The van der Waals surface area contributed by atoms with Gasteiger partial charge in [0.2, 0.25) is 0 Å². The molecule has 1 N–H and O–H groups in total. The molecule has 0 bridgehead atoms. The number of para-hydroxylation sites is 1. The monoisotopic (exact) mass is 767 g/mol. The first kappa shape index (κ1) is 30.5. The van der Waals surface area contributed by atoms with Gasteiger partial charge < -0.3 is 9.67 Å². The Balaban J connectivity index is 0.00000357. The number of nitrogens with zero attached hydrogens (tertiary/aromatic N) is 3. The third kappa shape index (κ3) is 5.49. The fraction of sp³-hybridized carbons (Fsp3) is 0.150. The molecular weight excluding hydrogens is 734 g/mol. The number of fused-ring (bicyclic) bond motifs is 3. The number of hydrogen-bond donors (Lipinski definition) is 1. The number of aromatic hydroxyl groups is 1. The van der Waals surface area contributed by atoms with E-state index in [1.165, 1.54) is 16.7 Å². The molecule has 3 heterocycles. The van der Waals surface area contributed by atoms with Crippen LogP contribution in [0.15, 0.2) is 109 Å². The van der Waals surface area contributed by atoms with Crippen LogP contribution in [0.3, 0.4) is 0 Å². The fourth-order valence-corrected chi connectivity index (χ4v) is 6.20. The Bertz CT molecular complexity index is 2130. The second kappa shape index (κ2) is 11.8. The molecule has 0 radical (unpaired) electrons. The maximum absolute atomic E-state index is 11.1. The van der Waals surface area contributed by atoms with Gasteiger partial charge in [0.1, 0.15) is 11.4 Å². The summed E-state index contributed by atoms with van der Waals surface area (Å²) >= 11 is 0. The number of aryl methyl sites for hydroxylation is 2. The summed E-state index contributed by atoms with van der Waals surface area (Å²) in [6.45, 7) is 10.8. The summed E-state index contributed by atoms with van der Waals surface area (Å²) in [5, 5.41) is 13.4. The van der Waals surface area contributed by atoms with Crippen molar-refractivity contribution >= 4 is 21.9 Å². The molecular formula is C40H34N3OPt-. The molecule has 0 atom stereocenters.